The summed E-state index contributed by atoms with van der Waals surface area (Å²) in [4.78, 5) is 12.0. The number of benzene rings is 2. The zero-order chi connectivity index (χ0) is 15.7. The van der Waals surface area contributed by atoms with E-state index >= 15 is 0 Å². The molecule has 0 radical (unpaired) electrons. The van der Waals surface area contributed by atoms with Gasteiger partial charge in [-0.15, -0.1) is 0 Å². The van der Waals surface area contributed by atoms with Crippen molar-refractivity contribution in [2.75, 3.05) is 5.32 Å². The van der Waals surface area contributed by atoms with Crippen LogP contribution in [0.1, 0.15) is 16.7 Å². The Hall–Kier alpha value is -2.40. The Bertz CT molecular complexity index is 882. The van der Waals surface area contributed by atoms with Crippen LogP contribution in [0.4, 0.5) is 5.69 Å². The Balaban J connectivity index is 1.98. The summed E-state index contributed by atoms with van der Waals surface area (Å²) in [6.07, 6.45) is 0. The molecule has 2 aromatic carbocycles. The second-order valence-electron chi connectivity index (χ2n) is 5.26. The number of para-hydroxylation sites is 1. The molecule has 0 saturated carbocycles. The van der Waals surface area contributed by atoms with Crippen LogP contribution in [0.3, 0.4) is 0 Å². The van der Waals surface area contributed by atoms with E-state index in [1.54, 1.807) is 30.3 Å². The number of anilines is 1. The van der Waals surface area contributed by atoms with E-state index in [1.807, 2.05) is 25.1 Å². The van der Waals surface area contributed by atoms with Gasteiger partial charge in [0.25, 0.3) is 5.91 Å². The van der Waals surface area contributed by atoms with Gasteiger partial charge in [0.1, 0.15) is 0 Å². The van der Waals surface area contributed by atoms with E-state index in [4.69, 9.17) is 0 Å². The highest BCUT2D eigenvalue weighted by molar-refractivity contribution is 7.93. The minimum atomic E-state index is -3.54. The van der Waals surface area contributed by atoms with Crippen LogP contribution in [-0.2, 0) is 20.4 Å². The lowest BCUT2D eigenvalue weighted by atomic mass is 10.1. The molecular formula is C17H15NO3S. The van der Waals surface area contributed by atoms with Gasteiger partial charge >= 0.3 is 0 Å². The molecule has 0 spiro atoms. The largest absolute Gasteiger partial charge is 0.321 e. The van der Waals surface area contributed by atoms with Crippen molar-refractivity contribution in [3.8, 4) is 0 Å². The third-order valence-electron chi connectivity index (χ3n) is 3.63. The average Bonchev–Trinajstić information content (AvgIpc) is 2.77. The highest BCUT2D eigenvalue weighted by Gasteiger charge is 2.26. The molecule has 0 atom stereocenters. The number of fused-ring (bicyclic) bond motifs is 1. The molecule has 1 amide bonds. The highest BCUT2D eigenvalue weighted by atomic mass is 32.2. The van der Waals surface area contributed by atoms with Gasteiger partial charge in [0, 0.05) is 16.7 Å². The summed E-state index contributed by atoms with van der Waals surface area (Å²) in [5, 5.41) is 3.76. The molecule has 0 saturated heterocycles. The van der Waals surface area contributed by atoms with Gasteiger partial charge in [-0.25, -0.2) is 8.42 Å². The van der Waals surface area contributed by atoms with Gasteiger partial charge in [-0.05, 0) is 24.1 Å². The maximum absolute atomic E-state index is 12.4. The van der Waals surface area contributed by atoms with Crippen LogP contribution in [0.5, 0.6) is 0 Å². The Kier molecular flexibility index (Phi) is 3.58. The van der Waals surface area contributed by atoms with Crippen LogP contribution in [0.15, 0.2) is 53.9 Å². The second-order valence-corrected chi connectivity index (χ2v) is 7.12. The van der Waals surface area contributed by atoms with E-state index < -0.39 is 9.84 Å². The van der Waals surface area contributed by atoms with E-state index in [2.05, 4.69) is 5.32 Å². The van der Waals surface area contributed by atoms with E-state index in [0.29, 0.717) is 11.3 Å². The molecule has 1 aliphatic heterocycles. The number of carbonyl (C=O) groups excluding carboxylic acids is 1. The van der Waals surface area contributed by atoms with Gasteiger partial charge in [-0.1, -0.05) is 42.5 Å². The number of hydrogen-bond donors (Lipinski definition) is 1. The lowest BCUT2D eigenvalue weighted by Crippen LogP contribution is -2.08. The topological polar surface area (TPSA) is 63.2 Å². The Morgan fingerprint density at radius 2 is 1.73 bits per heavy atom. The van der Waals surface area contributed by atoms with Crippen molar-refractivity contribution in [2.45, 2.75) is 12.7 Å². The van der Waals surface area contributed by atoms with Crippen LogP contribution in [-0.4, -0.2) is 14.3 Å². The van der Waals surface area contributed by atoms with Gasteiger partial charge in [0.15, 0.2) is 9.84 Å². The summed E-state index contributed by atoms with van der Waals surface area (Å²) < 4.78 is 24.8. The molecule has 4 nitrogen and oxygen atoms in total. The molecule has 0 unspecified atom stereocenters. The fourth-order valence-corrected chi connectivity index (χ4v) is 3.90. The first kappa shape index (κ1) is 14.5. The molecule has 22 heavy (non-hydrogen) atoms. The van der Waals surface area contributed by atoms with Crippen LogP contribution < -0.4 is 5.32 Å². The molecule has 112 valence electrons. The summed E-state index contributed by atoms with van der Waals surface area (Å²) >= 11 is 0. The van der Waals surface area contributed by atoms with Crippen molar-refractivity contribution in [2.24, 2.45) is 0 Å². The SMILES string of the molecule is Cc1ccccc1CS(=O)(=O)C=C1C(=O)Nc2ccccc21. The number of rotatable bonds is 3. The normalized spacial score (nSPS) is 15.7. The average molecular weight is 313 g/mol. The van der Waals surface area contributed by atoms with Gasteiger partial charge < -0.3 is 5.32 Å². The molecule has 0 fully saturated rings. The molecule has 1 aliphatic rings. The Morgan fingerprint density at radius 1 is 1.05 bits per heavy atom. The molecule has 1 N–H and O–H groups in total. The Labute approximate surface area is 129 Å². The first-order valence-electron chi connectivity index (χ1n) is 6.86. The predicted octanol–water partition coefficient (Wildman–Crippen LogP) is 2.90. The van der Waals surface area contributed by atoms with Gasteiger partial charge in [-0.2, -0.15) is 0 Å². The van der Waals surface area contributed by atoms with Crippen molar-refractivity contribution in [3.63, 3.8) is 0 Å². The molecule has 2 aromatic rings. The lowest BCUT2D eigenvalue weighted by molar-refractivity contribution is -0.110. The van der Waals surface area contributed by atoms with E-state index in [9.17, 15) is 13.2 Å². The third kappa shape index (κ3) is 2.80. The fraction of sp³-hybridized carbons (Fsp3) is 0.118. The quantitative estimate of drug-likeness (QED) is 0.886. The molecule has 0 bridgehead atoms. The third-order valence-corrected chi connectivity index (χ3v) is 4.93. The number of amides is 1. The molecule has 3 rings (SSSR count). The van der Waals surface area contributed by atoms with Crippen molar-refractivity contribution >= 4 is 27.0 Å². The van der Waals surface area contributed by atoms with Crippen LogP contribution in [0, 0.1) is 6.92 Å². The number of hydrogen-bond acceptors (Lipinski definition) is 3. The molecule has 0 aliphatic carbocycles. The standard InChI is InChI=1S/C17H15NO3S/c1-12-6-2-3-7-13(12)10-22(20,21)11-15-14-8-4-5-9-16(14)18-17(15)19/h2-9,11H,10H2,1H3,(H,18,19). The maximum atomic E-state index is 12.4. The van der Waals surface area contributed by atoms with E-state index in [0.717, 1.165) is 16.5 Å². The summed E-state index contributed by atoms with van der Waals surface area (Å²) in [7, 11) is -3.54. The zero-order valence-corrected chi connectivity index (χ0v) is 12.9. The number of sulfone groups is 1. The van der Waals surface area contributed by atoms with Crippen LogP contribution in [0.25, 0.3) is 5.57 Å². The van der Waals surface area contributed by atoms with Crippen molar-refractivity contribution in [3.05, 3.63) is 70.6 Å². The number of aryl methyl sites for hydroxylation is 1. The monoisotopic (exact) mass is 313 g/mol. The lowest BCUT2D eigenvalue weighted by Gasteiger charge is -2.05. The molecular weight excluding hydrogens is 298 g/mol. The maximum Gasteiger partial charge on any atom is 0.257 e. The Morgan fingerprint density at radius 3 is 2.50 bits per heavy atom. The van der Waals surface area contributed by atoms with Crippen molar-refractivity contribution in [1.29, 1.82) is 0 Å². The van der Waals surface area contributed by atoms with Gasteiger partial charge in [0.05, 0.1) is 11.3 Å². The fourth-order valence-electron chi connectivity index (χ4n) is 2.47. The smallest absolute Gasteiger partial charge is 0.257 e. The van der Waals surface area contributed by atoms with Gasteiger partial charge in [0.2, 0.25) is 0 Å². The van der Waals surface area contributed by atoms with E-state index in [-0.39, 0.29) is 17.2 Å². The summed E-state index contributed by atoms with van der Waals surface area (Å²) in [6.45, 7) is 1.87. The number of carbonyl (C=O) groups is 1. The van der Waals surface area contributed by atoms with Crippen molar-refractivity contribution < 1.29 is 13.2 Å². The van der Waals surface area contributed by atoms with Crippen molar-refractivity contribution in [1.82, 2.24) is 0 Å². The number of nitrogens with one attached hydrogen (secondary N) is 1. The minimum absolute atomic E-state index is 0.112. The minimum Gasteiger partial charge on any atom is -0.321 e. The molecule has 5 heteroatoms. The predicted molar refractivity (Wildman–Crippen MR) is 86.9 cm³/mol. The second kappa shape index (κ2) is 5.42. The first-order chi connectivity index (χ1) is 10.5. The van der Waals surface area contributed by atoms with Crippen LogP contribution in [0.2, 0.25) is 0 Å². The summed E-state index contributed by atoms with van der Waals surface area (Å²) in [5.41, 5.74) is 3.13. The highest BCUT2D eigenvalue weighted by Crippen LogP contribution is 2.32. The molecule has 1 heterocycles. The van der Waals surface area contributed by atoms with Crippen LogP contribution >= 0.6 is 0 Å². The first-order valence-corrected chi connectivity index (χ1v) is 8.57. The van der Waals surface area contributed by atoms with E-state index in [1.165, 1.54) is 0 Å². The van der Waals surface area contributed by atoms with Gasteiger partial charge in [-0.3, -0.25) is 4.79 Å². The molecule has 0 aromatic heterocycles. The summed E-state index contributed by atoms with van der Waals surface area (Å²) in [5.74, 6) is -0.493. The summed E-state index contributed by atoms with van der Waals surface area (Å²) in [6, 6.07) is 14.4. The zero-order valence-electron chi connectivity index (χ0n) is 12.0.